The molecule has 0 bridgehead atoms. The number of rotatable bonds is 39. The molecule has 0 amide bonds. The van der Waals surface area contributed by atoms with E-state index in [4.69, 9.17) is 18.5 Å². The van der Waals surface area contributed by atoms with E-state index in [9.17, 15) is 14.3 Å². The van der Waals surface area contributed by atoms with Crippen LogP contribution in [0.3, 0.4) is 0 Å². The highest BCUT2D eigenvalue weighted by Crippen LogP contribution is 2.38. The van der Waals surface area contributed by atoms with Crippen molar-refractivity contribution in [2.45, 2.75) is 168 Å². The highest BCUT2D eigenvalue weighted by molar-refractivity contribution is 7.45. The quantitative estimate of drug-likeness (QED) is 0.0153. The summed E-state index contributed by atoms with van der Waals surface area (Å²) < 4.78 is 34.3. The number of phosphoric ester groups is 1. The number of likely N-dealkylation sites (N-methyl/N-ethyl adjacent to an activating group) is 1. The molecule has 0 saturated carbocycles. The van der Waals surface area contributed by atoms with Crippen LogP contribution in [0.4, 0.5) is 0 Å². The molecule has 0 aliphatic heterocycles. The molecule has 0 fully saturated rings. The zero-order chi connectivity index (χ0) is 40.6. The molecule has 0 N–H and O–H groups in total. The zero-order valence-corrected chi connectivity index (χ0v) is 36.7. The molecule has 0 aromatic heterocycles. The van der Waals surface area contributed by atoms with E-state index < -0.39 is 13.9 Å². The molecule has 0 aliphatic rings. The minimum Gasteiger partial charge on any atom is -0.756 e. The van der Waals surface area contributed by atoms with Crippen molar-refractivity contribution in [1.82, 2.24) is 0 Å². The molecule has 9 heteroatoms. The predicted molar refractivity (Wildman–Crippen MR) is 231 cm³/mol. The van der Waals surface area contributed by atoms with E-state index >= 15 is 0 Å². The van der Waals surface area contributed by atoms with E-state index in [2.05, 4.69) is 74.6 Å². The van der Waals surface area contributed by atoms with Crippen LogP contribution in [0.5, 0.6) is 0 Å². The number of hydrogen-bond acceptors (Lipinski definition) is 7. The lowest BCUT2D eigenvalue weighted by Crippen LogP contribution is -2.37. The van der Waals surface area contributed by atoms with Crippen LogP contribution in [0, 0.1) is 0 Å². The van der Waals surface area contributed by atoms with Gasteiger partial charge in [-0.2, -0.15) is 0 Å². The summed E-state index contributed by atoms with van der Waals surface area (Å²) in [7, 11) is 1.29. The molecule has 0 aliphatic carbocycles. The predicted octanol–water partition coefficient (Wildman–Crippen LogP) is 12.4. The molecule has 0 radical (unpaired) electrons. The molecule has 0 aromatic carbocycles. The lowest BCUT2D eigenvalue weighted by Gasteiger charge is -2.28. The molecule has 0 saturated heterocycles. The van der Waals surface area contributed by atoms with Crippen molar-refractivity contribution in [2.24, 2.45) is 0 Å². The summed E-state index contributed by atoms with van der Waals surface area (Å²) in [4.78, 5) is 25.0. The number of carbonyl (C=O) groups is 1. The number of quaternary nitrogens is 1. The summed E-state index contributed by atoms with van der Waals surface area (Å²) in [6.07, 6.45) is 50.1. The molecule has 55 heavy (non-hydrogen) atoms. The Morgan fingerprint density at radius 2 is 1.07 bits per heavy atom. The number of unbranched alkanes of at least 4 members (excludes halogenated alkanes) is 15. The van der Waals surface area contributed by atoms with Gasteiger partial charge < -0.3 is 27.9 Å². The Morgan fingerprint density at radius 3 is 1.60 bits per heavy atom. The van der Waals surface area contributed by atoms with Gasteiger partial charge in [0.1, 0.15) is 19.8 Å². The summed E-state index contributed by atoms with van der Waals surface area (Å²) in [6, 6.07) is 0. The fraction of sp³-hybridized carbons (Fsp3) is 0.717. The van der Waals surface area contributed by atoms with Gasteiger partial charge in [-0.25, -0.2) is 0 Å². The minimum atomic E-state index is -4.55. The van der Waals surface area contributed by atoms with Crippen molar-refractivity contribution in [1.29, 1.82) is 0 Å². The van der Waals surface area contributed by atoms with Gasteiger partial charge in [-0.05, 0) is 70.3 Å². The van der Waals surface area contributed by atoms with Gasteiger partial charge in [-0.1, -0.05) is 152 Å². The van der Waals surface area contributed by atoms with Gasteiger partial charge in [0.2, 0.25) is 0 Å². The lowest BCUT2D eigenvalue weighted by molar-refractivity contribution is -0.870. The molecule has 0 aromatic rings. The third kappa shape index (κ3) is 42.8. The van der Waals surface area contributed by atoms with Crippen LogP contribution in [0.15, 0.2) is 73.1 Å². The number of carbonyl (C=O) groups excluding carboxylic acids is 1. The average Bonchev–Trinajstić information content (AvgIpc) is 3.13. The number of phosphoric acid groups is 1. The van der Waals surface area contributed by atoms with E-state index in [-0.39, 0.29) is 32.2 Å². The maximum atomic E-state index is 12.7. The summed E-state index contributed by atoms with van der Waals surface area (Å²) in [5.41, 5.74) is 0. The van der Waals surface area contributed by atoms with Gasteiger partial charge in [0.15, 0.2) is 6.10 Å². The number of hydrogen-bond donors (Lipinski definition) is 0. The van der Waals surface area contributed by atoms with Gasteiger partial charge in [-0.15, -0.1) is 0 Å². The normalized spacial score (nSPS) is 14.4. The van der Waals surface area contributed by atoms with Crippen LogP contribution in [0.25, 0.3) is 0 Å². The Morgan fingerprint density at radius 1 is 0.600 bits per heavy atom. The van der Waals surface area contributed by atoms with E-state index in [1.165, 1.54) is 70.6 Å². The Labute approximate surface area is 338 Å². The third-order valence-electron chi connectivity index (χ3n) is 8.84. The van der Waals surface area contributed by atoms with Gasteiger partial charge >= 0.3 is 5.97 Å². The van der Waals surface area contributed by atoms with Crippen LogP contribution in [-0.2, 0) is 27.9 Å². The Kier molecular flexibility index (Phi) is 37.1. The zero-order valence-electron chi connectivity index (χ0n) is 35.8. The third-order valence-corrected chi connectivity index (χ3v) is 9.80. The average molecular weight is 792 g/mol. The number of allylic oxidation sites excluding steroid dienone is 11. The van der Waals surface area contributed by atoms with E-state index in [1.807, 2.05) is 27.2 Å². The second-order valence-electron chi connectivity index (χ2n) is 15.4. The second-order valence-corrected chi connectivity index (χ2v) is 16.8. The molecule has 2 atom stereocenters. The van der Waals surface area contributed by atoms with Crippen LogP contribution < -0.4 is 4.89 Å². The topological polar surface area (TPSA) is 94.1 Å². The Hall–Kier alpha value is -2.22. The van der Waals surface area contributed by atoms with Crippen LogP contribution in [0.2, 0.25) is 0 Å². The SMILES string of the molecule is CC/C=C\C/C=C\C/C=C\C/C=C\C/C=C\CCCCCC(=O)O[C@H](CO/C=C\CCCCCCCCCCCCCC)COP(=O)([O-])OCC[N+](C)(C)C. The van der Waals surface area contributed by atoms with Crippen molar-refractivity contribution < 1.29 is 37.3 Å². The molecular weight excluding hydrogens is 709 g/mol. The van der Waals surface area contributed by atoms with Crippen molar-refractivity contribution in [3.8, 4) is 0 Å². The first-order valence-electron chi connectivity index (χ1n) is 21.7. The highest BCUT2D eigenvalue weighted by Gasteiger charge is 2.20. The first kappa shape index (κ1) is 52.8. The van der Waals surface area contributed by atoms with Crippen molar-refractivity contribution in [3.05, 3.63) is 73.1 Å². The maximum absolute atomic E-state index is 12.7. The Balaban J connectivity index is 4.38. The van der Waals surface area contributed by atoms with Crippen molar-refractivity contribution in [2.75, 3.05) is 47.5 Å². The smallest absolute Gasteiger partial charge is 0.306 e. The summed E-state index contributed by atoms with van der Waals surface area (Å²) in [6.45, 7) is 4.57. The van der Waals surface area contributed by atoms with E-state index in [1.54, 1.807) is 6.26 Å². The minimum absolute atomic E-state index is 0.00361. The summed E-state index contributed by atoms with van der Waals surface area (Å²) >= 11 is 0. The molecule has 0 heterocycles. The Bertz CT molecular complexity index is 1110. The fourth-order valence-electron chi connectivity index (χ4n) is 5.48. The summed E-state index contributed by atoms with van der Waals surface area (Å²) in [5.74, 6) is -0.390. The van der Waals surface area contributed by atoms with Gasteiger partial charge in [0, 0.05) is 6.42 Å². The second kappa shape index (κ2) is 38.6. The monoisotopic (exact) mass is 792 g/mol. The first-order valence-corrected chi connectivity index (χ1v) is 23.2. The molecule has 0 rings (SSSR count). The largest absolute Gasteiger partial charge is 0.756 e. The lowest BCUT2D eigenvalue weighted by atomic mass is 10.0. The van der Waals surface area contributed by atoms with Crippen LogP contribution in [-0.4, -0.2) is 64.1 Å². The van der Waals surface area contributed by atoms with Crippen molar-refractivity contribution in [3.63, 3.8) is 0 Å². The van der Waals surface area contributed by atoms with Gasteiger partial charge in [0.05, 0.1) is 34.0 Å². The van der Waals surface area contributed by atoms with Crippen LogP contribution in [0.1, 0.15) is 162 Å². The molecule has 318 valence electrons. The highest BCUT2D eigenvalue weighted by atomic mass is 31.2. The molecule has 8 nitrogen and oxygen atoms in total. The van der Waals surface area contributed by atoms with Gasteiger partial charge in [0.25, 0.3) is 7.82 Å². The van der Waals surface area contributed by atoms with Gasteiger partial charge in [-0.3, -0.25) is 9.36 Å². The molecule has 0 spiro atoms. The fourth-order valence-corrected chi connectivity index (χ4v) is 6.21. The van der Waals surface area contributed by atoms with Crippen LogP contribution >= 0.6 is 7.82 Å². The van der Waals surface area contributed by atoms with E-state index in [0.29, 0.717) is 17.4 Å². The molecule has 1 unspecified atom stereocenters. The van der Waals surface area contributed by atoms with E-state index in [0.717, 1.165) is 64.2 Å². The number of ether oxygens (including phenoxy) is 2. The first-order chi connectivity index (χ1) is 26.6. The maximum Gasteiger partial charge on any atom is 0.306 e. The molecular formula is C46H82NO7P. The summed E-state index contributed by atoms with van der Waals surface area (Å²) in [5, 5.41) is 0. The number of esters is 1. The van der Waals surface area contributed by atoms with Crippen molar-refractivity contribution >= 4 is 13.8 Å². The standard InChI is InChI=1S/C46H82NO7P/c1-6-8-10-12-14-16-18-20-22-23-24-25-26-27-29-31-33-35-37-39-46(48)54-45(44-53-55(49,50)52-42-40-47(3,4)5)43-51-41-38-36-34-32-30-28-21-19-17-15-13-11-9-7-2/h8,10,14,16,20,22,24-25,27,29,38,41,45H,6-7,9,11-13,15,17-19,21,23,26,28,30-37,39-40,42-44H2,1-5H3/b10-8-,16-14-,22-20-,25-24-,29-27-,41-38-/t45-/m1/s1. The number of nitrogens with zero attached hydrogens (tertiary/aromatic N) is 1.